The van der Waals surface area contributed by atoms with E-state index in [0.717, 1.165) is 22.1 Å². The Morgan fingerprint density at radius 2 is 1.85 bits per heavy atom. The monoisotopic (exact) mass is 281 g/mol. The number of hydrogen-bond acceptors (Lipinski definition) is 3. The molecule has 0 amide bonds. The molecule has 100 valence electrons. The van der Waals surface area contributed by atoms with Crippen LogP contribution in [-0.4, -0.2) is 5.78 Å². The van der Waals surface area contributed by atoms with Crippen molar-refractivity contribution in [3.63, 3.8) is 0 Å². The van der Waals surface area contributed by atoms with Gasteiger partial charge in [0.25, 0.3) is 0 Å². The lowest BCUT2D eigenvalue weighted by Gasteiger charge is -2.03. The van der Waals surface area contributed by atoms with Gasteiger partial charge in [-0.05, 0) is 29.3 Å². The quantitative estimate of drug-likeness (QED) is 0.728. The van der Waals surface area contributed by atoms with Crippen LogP contribution >= 0.6 is 11.3 Å². The van der Waals surface area contributed by atoms with Crippen molar-refractivity contribution in [1.82, 2.24) is 0 Å². The van der Waals surface area contributed by atoms with Gasteiger partial charge in [0.2, 0.25) is 0 Å². The van der Waals surface area contributed by atoms with Crippen molar-refractivity contribution in [3.05, 3.63) is 64.5 Å². The van der Waals surface area contributed by atoms with Crippen molar-refractivity contribution in [2.45, 2.75) is 13.3 Å². The highest BCUT2D eigenvalue weighted by Gasteiger charge is 2.15. The lowest BCUT2D eigenvalue weighted by molar-refractivity contribution is 0.104. The zero-order chi connectivity index (χ0) is 14.1. The maximum atomic E-state index is 12.6. The molecule has 0 aliphatic heterocycles. The molecule has 0 aliphatic carbocycles. The highest BCUT2D eigenvalue weighted by atomic mass is 32.1. The summed E-state index contributed by atoms with van der Waals surface area (Å²) in [5.74, 6) is 0.00389. The fourth-order valence-electron chi connectivity index (χ4n) is 2.30. The minimum Gasteiger partial charge on any atom is -0.390 e. The lowest BCUT2D eigenvalue weighted by atomic mass is 10.0. The highest BCUT2D eigenvalue weighted by molar-refractivity contribution is 7.16. The standard InChI is InChI=1S/C17H15NOS/c1-2-14-10-15(17(18)20-14)16(19)13-8-7-11-5-3-4-6-12(11)9-13/h3-10H,2,18H2,1H3. The molecule has 0 radical (unpaired) electrons. The summed E-state index contributed by atoms with van der Waals surface area (Å²) in [5.41, 5.74) is 7.28. The molecule has 2 aromatic carbocycles. The lowest BCUT2D eigenvalue weighted by Crippen LogP contribution is -2.02. The average Bonchev–Trinajstić information content (AvgIpc) is 2.87. The van der Waals surface area contributed by atoms with Crippen LogP contribution < -0.4 is 5.73 Å². The second-order valence-electron chi connectivity index (χ2n) is 4.74. The van der Waals surface area contributed by atoms with Crippen LogP contribution in [0.25, 0.3) is 10.8 Å². The molecule has 3 rings (SSSR count). The van der Waals surface area contributed by atoms with Crippen molar-refractivity contribution in [3.8, 4) is 0 Å². The second kappa shape index (κ2) is 5.10. The average molecular weight is 281 g/mol. The first-order valence-electron chi connectivity index (χ1n) is 6.60. The number of aryl methyl sites for hydroxylation is 1. The molecule has 0 aliphatic rings. The molecule has 1 heterocycles. The first-order chi connectivity index (χ1) is 9.69. The molecule has 2 nitrogen and oxygen atoms in total. The van der Waals surface area contributed by atoms with E-state index in [0.29, 0.717) is 16.1 Å². The van der Waals surface area contributed by atoms with Crippen LogP contribution in [0.5, 0.6) is 0 Å². The number of fused-ring (bicyclic) bond motifs is 1. The summed E-state index contributed by atoms with van der Waals surface area (Å²) in [4.78, 5) is 13.7. The van der Waals surface area contributed by atoms with Gasteiger partial charge >= 0.3 is 0 Å². The number of rotatable bonds is 3. The fourth-order valence-corrected chi connectivity index (χ4v) is 3.16. The van der Waals surface area contributed by atoms with Crippen LogP contribution in [0.3, 0.4) is 0 Å². The highest BCUT2D eigenvalue weighted by Crippen LogP contribution is 2.28. The predicted octanol–water partition coefficient (Wildman–Crippen LogP) is 4.28. The molecule has 0 saturated heterocycles. The van der Waals surface area contributed by atoms with Crippen LogP contribution in [-0.2, 0) is 6.42 Å². The minimum absolute atomic E-state index is 0.00389. The Morgan fingerprint density at radius 1 is 1.10 bits per heavy atom. The van der Waals surface area contributed by atoms with Gasteiger partial charge < -0.3 is 5.73 Å². The Kier molecular flexibility index (Phi) is 3.28. The Balaban J connectivity index is 2.05. The summed E-state index contributed by atoms with van der Waals surface area (Å²) >= 11 is 1.50. The fraction of sp³-hybridized carbons (Fsp3) is 0.118. The third-order valence-corrected chi connectivity index (χ3v) is 4.53. The van der Waals surface area contributed by atoms with E-state index in [2.05, 4.69) is 6.92 Å². The van der Waals surface area contributed by atoms with Crippen molar-refractivity contribution in [1.29, 1.82) is 0 Å². The predicted molar refractivity (Wildman–Crippen MR) is 85.5 cm³/mol. The molecule has 3 heteroatoms. The van der Waals surface area contributed by atoms with Crippen LogP contribution in [0.2, 0.25) is 0 Å². The summed E-state index contributed by atoms with van der Waals surface area (Å²) in [5, 5.41) is 2.82. The van der Waals surface area contributed by atoms with Gasteiger partial charge in [-0.15, -0.1) is 11.3 Å². The molecular weight excluding hydrogens is 266 g/mol. The molecule has 2 N–H and O–H groups in total. The Bertz CT molecular complexity index is 789. The molecule has 0 atom stereocenters. The smallest absolute Gasteiger partial charge is 0.196 e. The van der Waals surface area contributed by atoms with Crippen molar-refractivity contribution >= 4 is 32.9 Å². The van der Waals surface area contributed by atoms with E-state index in [9.17, 15) is 4.79 Å². The summed E-state index contributed by atoms with van der Waals surface area (Å²) in [6, 6.07) is 15.7. The first-order valence-corrected chi connectivity index (χ1v) is 7.42. The van der Waals surface area contributed by atoms with Crippen LogP contribution in [0.1, 0.15) is 27.7 Å². The molecule has 20 heavy (non-hydrogen) atoms. The number of anilines is 1. The topological polar surface area (TPSA) is 43.1 Å². The van der Waals surface area contributed by atoms with E-state index in [4.69, 9.17) is 5.73 Å². The number of carbonyl (C=O) groups is 1. The van der Waals surface area contributed by atoms with E-state index in [-0.39, 0.29) is 5.78 Å². The molecular formula is C17H15NOS. The van der Waals surface area contributed by atoms with Gasteiger partial charge in [0.15, 0.2) is 5.78 Å². The summed E-state index contributed by atoms with van der Waals surface area (Å²) in [7, 11) is 0. The van der Waals surface area contributed by atoms with Gasteiger partial charge in [-0.25, -0.2) is 0 Å². The SMILES string of the molecule is CCc1cc(C(=O)c2ccc3ccccc3c2)c(N)s1. The number of carbonyl (C=O) groups excluding carboxylic acids is 1. The Labute approximate surface area is 121 Å². The molecule has 3 aromatic rings. The van der Waals surface area contributed by atoms with Gasteiger partial charge in [0, 0.05) is 10.4 Å². The Morgan fingerprint density at radius 3 is 2.55 bits per heavy atom. The number of benzene rings is 2. The van der Waals surface area contributed by atoms with Crippen LogP contribution in [0.15, 0.2) is 48.5 Å². The van der Waals surface area contributed by atoms with Gasteiger partial charge in [-0.3, -0.25) is 4.79 Å². The van der Waals surface area contributed by atoms with Gasteiger partial charge in [0.05, 0.1) is 10.6 Å². The first kappa shape index (κ1) is 12.9. The normalized spacial score (nSPS) is 10.8. The maximum absolute atomic E-state index is 12.6. The number of hydrogen-bond donors (Lipinski definition) is 1. The van der Waals surface area contributed by atoms with Crippen molar-refractivity contribution in [2.24, 2.45) is 0 Å². The summed E-state index contributed by atoms with van der Waals surface area (Å²) in [6.07, 6.45) is 0.903. The number of ketones is 1. The molecule has 0 bridgehead atoms. The number of nitrogens with two attached hydrogens (primary N) is 1. The third-order valence-electron chi connectivity index (χ3n) is 3.42. The minimum atomic E-state index is 0.00389. The Hall–Kier alpha value is -2.13. The van der Waals surface area contributed by atoms with E-state index in [1.54, 1.807) is 0 Å². The van der Waals surface area contributed by atoms with Crippen molar-refractivity contribution in [2.75, 3.05) is 5.73 Å². The third kappa shape index (κ3) is 2.21. The summed E-state index contributed by atoms with van der Waals surface area (Å²) < 4.78 is 0. The van der Waals surface area contributed by atoms with Crippen LogP contribution in [0, 0.1) is 0 Å². The van der Waals surface area contributed by atoms with Crippen LogP contribution in [0.4, 0.5) is 5.00 Å². The molecule has 0 unspecified atom stereocenters. The zero-order valence-corrected chi connectivity index (χ0v) is 12.0. The number of thiophene rings is 1. The second-order valence-corrected chi connectivity index (χ2v) is 5.90. The molecule has 1 aromatic heterocycles. The molecule has 0 saturated carbocycles. The van der Waals surface area contributed by atoms with Gasteiger partial charge in [0.1, 0.15) is 0 Å². The largest absolute Gasteiger partial charge is 0.390 e. The molecule has 0 spiro atoms. The van der Waals surface area contributed by atoms with E-state index in [1.165, 1.54) is 11.3 Å². The summed E-state index contributed by atoms with van der Waals surface area (Å²) in [6.45, 7) is 2.07. The van der Waals surface area contributed by atoms with E-state index >= 15 is 0 Å². The van der Waals surface area contributed by atoms with Gasteiger partial charge in [-0.1, -0.05) is 43.3 Å². The maximum Gasteiger partial charge on any atom is 0.196 e. The van der Waals surface area contributed by atoms with Crippen molar-refractivity contribution < 1.29 is 4.79 Å². The van der Waals surface area contributed by atoms with Gasteiger partial charge in [-0.2, -0.15) is 0 Å². The number of nitrogen functional groups attached to an aromatic ring is 1. The van der Waals surface area contributed by atoms with E-state index in [1.807, 2.05) is 48.5 Å². The van der Waals surface area contributed by atoms with E-state index < -0.39 is 0 Å². The molecule has 0 fully saturated rings. The zero-order valence-electron chi connectivity index (χ0n) is 11.2.